The number of nitrogens with one attached hydrogen (secondary N) is 1. The van der Waals surface area contributed by atoms with Gasteiger partial charge in [-0.25, -0.2) is 13.8 Å². The highest BCUT2D eigenvalue weighted by atomic mass is 35.5. The maximum Gasteiger partial charge on any atom is 0.257 e. The SMILES string of the molecule is CC#Cc1c(C2[C@@H](N)CCCC2(F)F)sc2c(NCc3cccs3)cc(Cl)nc12. The molecule has 1 aliphatic rings. The topological polar surface area (TPSA) is 50.9 Å². The lowest BCUT2D eigenvalue weighted by atomic mass is 9.79. The van der Waals surface area contributed by atoms with E-state index in [0.29, 0.717) is 40.5 Å². The van der Waals surface area contributed by atoms with Gasteiger partial charge in [-0.2, -0.15) is 0 Å². The molecule has 0 amide bonds. The van der Waals surface area contributed by atoms with Crippen molar-refractivity contribution in [2.75, 3.05) is 5.32 Å². The molecule has 1 saturated carbocycles. The lowest BCUT2D eigenvalue weighted by molar-refractivity contribution is -0.0602. The van der Waals surface area contributed by atoms with E-state index in [4.69, 9.17) is 17.3 Å². The summed E-state index contributed by atoms with van der Waals surface area (Å²) in [6.45, 7) is 2.31. The predicted octanol–water partition coefficient (Wildman–Crippen LogP) is 6.22. The Balaban J connectivity index is 1.85. The zero-order chi connectivity index (χ0) is 20.6. The molecule has 29 heavy (non-hydrogen) atoms. The Hall–Kier alpha value is -1.72. The van der Waals surface area contributed by atoms with Crippen LogP contribution >= 0.6 is 34.3 Å². The first-order valence-corrected chi connectivity index (χ1v) is 11.4. The van der Waals surface area contributed by atoms with Crippen LogP contribution in [0.15, 0.2) is 23.6 Å². The van der Waals surface area contributed by atoms with Crippen molar-refractivity contribution in [3.8, 4) is 11.8 Å². The Morgan fingerprint density at radius 2 is 2.28 bits per heavy atom. The van der Waals surface area contributed by atoms with Crippen LogP contribution in [0.2, 0.25) is 5.15 Å². The first-order valence-electron chi connectivity index (χ1n) is 9.36. The summed E-state index contributed by atoms with van der Waals surface area (Å²) in [5, 5.41) is 5.69. The Kier molecular flexibility index (Phi) is 5.80. The molecule has 0 radical (unpaired) electrons. The van der Waals surface area contributed by atoms with Crippen LogP contribution in [-0.2, 0) is 6.54 Å². The summed E-state index contributed by atoms with van der Waals surface area (Å²) in [5.74, 6) is 1.93. The summed E-state index contributed by atoms with van der Waals surface area (Å²) in [6.07, 6.45) is 0.851. The van der Waals surface area contributed by atoms with Crippen LogP contribution in [0.1, 0.15) is 47.4 Å². The summed E-state index contributed by atoms with van der Waals surface area (Å²) in [4.78, 5) is 6.12. The molecule has 4 rings (SSSR count). The predicted molar refractivity (Wildman–Crippen MR) is 118 cm³/mol. The average molecular weight is 452 g/mol. The number of rotatable bonds is 4. The van der Waals surface area contributed by atoms with Crippen molar-refractivity contribution < 1.29 is 8.78 Å². The number of pyridine rings is 1. The van der Waals surface area contributed by atoms with Crippen LogP contribution in [0.4, 0.5) is 14.5 Å². The molecule has 1 unspecified atom stereocenters. The molecule has 0 bridgehead atoms. The number of halogens is 3. The lowest BCUT2D eigenvalue weighted by Gasteiger charge is -2.35. The summed E-state index contributed by atoms with van der Waals surface area (Å²) >= 11 is 9.22. The minimum atomic E-state index is -2.86. The van der Waals surface area contributed by atoms with Crippen molar-refractivity contribution >= 4 is 50.2 Å². The van der Waals surface area contributed by atoms with Gasteiger partial charge in [-0.15, -0.1) is 28.6 Å². The molecule has 2 atom stereocenters. The molecule has 0 aromatic carbocycles. The van der Waals surface area contributed by atoms with E-state index < -0.39 is 17.9 Å². The fraction of sp³-hybridized carbons (Fsp3) is 0.381. The number of fused-ring (bicyclic) bond motifs is 1. The van der Waals surface area contributed by atoms with E-state index in [9.17, 15) is 8.78 Å². The minimum absolute atomic E-state index is 0.156. The highest BCUT2D eigenvalue weighted by Gasteiger charge is 2.48. The fourth-order valence-corrected chi connectivity index (χ4v) is 6.11. The van der Waals surface area contributed by atoms with Gasteiger partial charge in [0.2, 0.25) is 0 Å². The molecular formula is C21H20ClF2N3S2. The third kappa shape index (κ3) is 3.99. The maximum atomic E-state index is 14.9. The van der Waals surface area contributed by atoms with E-state index in [-0.39, 0.29) is 6.42 Å². The fourth-order valence-electron chi connectivity index (χ4n) is 3.84. The molecular weight excluding hydrogens is 432 g/mol. The Labute approximate surface area is 181 Å². The van der Waals surface area contributed by atoms with Crippen molar-refractivity contribution in [1.82, 2.24) is 4.98 Å². The third-order valence-electron chi connectivity index (χ3n) is 5.13. The van der Waals surface area contributed by atoms with E-state index in [1.165, 1.54) is 11.3 Å². The summed E-state index contributed by atoms with van der Waals surface area (Å²) in [5.41, 5.74) is 8.04. The Morgan fingerprint density at radius 3 is 2.97 bits per heavy atom. The number of hydrogen-bond donors (Lipinski definition) is 2. The van der Waals surface area contributed by atoms with Gasteiger partial charge in [0.25, 0.3) is 5.92 Å². The number of nitrogens with two attached hydrogens (primary N) is 1. The van der Waals surface area contributed by atoms with Gasteiger partial charge < -0.3 is 11.1 Å². The molecule has 1 aliphatic carbocycles. The molecule has 0 aliphatic heterocycles. The van der Waals surface area contributed by atoms with Gasteiger partial charge in [0.05, 0.1) is 21.9 Å². The number of alkyl halides is 2. The standard InChI is InChI=1S/C21H20ClF2N3S2/c1-2-5-13-18-20(29-19(13)17-14(25)7-3-8-21(17,23)24)15(10-16(22)27-18)26-11-12-6-4-9-28-12/h4,6,9-10,14,17H,3,7-8,11,25H2,1H3,(H,26,27)/t14-,17?/m0/s1. The van der Waals surface area contributed by atoms with Gasteiger partial charge in [-0.1, -0.05) is 23.6 Å². The van der Waals surface area contributed by atoms with Crippen LogP contribution < -0.4 is 11.1 Å². The minimum Gasteiger partial charge on any atom is -0.379 e. The molecule has 3 aromatic heterocycles. The summed E-state index contributed by atoms with van der Waals surface area (Å²) < 4.78 is 30.6. The third-order valence-corrected chi connectivity index (χ3v) is 7.50. The number of thiophene rings is 2. The van der Waals surface area contributed by atoms with Crippen molar-refractivity contribution in [2.24, 2.45) is 5.73 Å². The second kappa shape index (κ2) is 8.19. The zero-order valence-corrected chi connectivity index (χ0v) is 18.2. The molecule has 3 nitrogen and oxygen atoms in total. The van der Waals surface area contributed by atoms with Crippen LogP contribution in [0.3, 0.4) is 0 Å². The second-order valence-corrected chi connectivity index (χ2v) is 9.59. The zero-order valence-electron chi connectivity index (χ0n) is 15.8. The largest absolute Gasteiger partial charge is 0.379 e. The quantitative estimate of drug-likeness (QED) is 0.365. The maximum absolute atomic E-state index is 14.9. The van der Waals surface area contributed by atoms with Gasteiger partial charge in [0.1, 0.15) is 10.7 Å². The normalized spacial score (nSPS) is 21.0. The monoisotopic (exact) mass is 451 g/mol. The second-order valence-electron chi connectivity index (χ2n) is 7.11. The van der Waals surface area contributed by atoms with Gasteiger partial charge >= 0.3 is 0 Å². The van der Waals surface area contributed by atoms with Crippen LogP contribution in [0, 0.1) is 11.8 Å². The highest BCUT2D eigenvalue weighted by Crippen LogP contribution is 2.50. The molecule has 152 valence electrons. The molecule has 8 heteroatoms. The summed E-state index contributed by atoms with van der Waals surface area (Å²) in [7, 11) is 0. The van der Waals surface area contributed by atoms with Crippen molar-refractivity contribution in [3.05, 3.63) is 44.1 Å². The van der Waals surface area contributed by atoms with Crippen LogP contribution in [0.5, 0.6) is 0 Å². The van der Waals surface area contributed by atoms with Crippen molar-refractivity contribution in [3.63, 3.8) is 0 Å². The number of anilines is 1. The van der Waals surface area contributed by atoms with Gasteiger partial charge in [-0.3, -0.25) is 0 Å². The van der Waals surface area contributed by atoms with Crippen molar-refractivity contribution in [1.29, 1.82) is 0 Å². The molecule has 0 saturated heterocycles. The molecule has 1 fully saturated rings. The summed E-state index contributed by atoms with van der Waals surface area (Å²) in [6, 6.07) is 5.15. The number of nitrogens with zero attached hydrogens (tertiary/aromatic N) is 1. The first-order chi connectivity index (χ1) is 13.9. The molecule has 3 N–H and O–H groups in total. The van der Waals surface area contributed by atoms with E-state index in [1.54, 1.807) is 24.3 Å². The van der Waals surface area contributed by atoms with Gasteiger partial charge in [-0.05, 0) is 31.2 Å². The van der Waals surface area contributed by atoms with E-state index in [2.05, 4.69) is 22.1 Å². The van der Waals surface area contributed by atoms with Crippen LogP contribution in [-0.4, -0.2) is 16.9 Å². The van der Waals surface area contributed by atoms with Gasteiger partial charge in [0.15, 0.2) is 0 Å². The van der Waals surface area contributed by atoms with Crippen molar-refractivity contribution in [2.45, 2.75) is 50.6 Å². The highest BCUT2D eigenvalue weighted by molar-refractivity contribution is 7.20. The van der Waals surface area contributed by atoms with E-state index >= 15 is 0 Å². The van der Waals surface area contributed by atoms with Gasteiger partial charge in [0, 0.05) is 34.8 Å². The van der Waals surface area contributed by atoms with Crippen LogP contribution in [0.25, 0.3) is 10.2 Å². The average Bonchev–Trinajstić information content (AvgIpc) is 3.28. The number of aromatic nitrogens is 1. The van der Waals surface area contributed by atoms with E-state index in [1.807, 2.05) is 17.5 Å². The Bertz CT molecular complexity index is 1080. The first kappa shape index (κ1) is 20.5. The molecule has 3 aromatic rings. The lowest BCUT2D eigenvalue weighted by Crippen LogP contribution is -2.43. The Morgan fingerprint density at radius 1 is 1.45 bits per heavy atom. The number of hydrogen-bond acceptors (Lipinski definition) is 5. The van der Waals surface area contributed by atoms with E-state index in [0.717, 1.165) is 15.3 Å². The smallest absolute Gasteiger partial charge is 0.257 e. The molecule has 0 spiro atoms. The molecule has 3 heterocycles.